The normalized spacial score (nSPS) is 10.1. The van der Waals surface area contributed by atoms with Gasteiger partial charge in [0.15, 0.2) is 6.29 Å². The highest BCUT2D eigenvalue weighted by atomic mass is 19.1. The molecule has 0 aliphatic carbocycles. The maximum absolute atomic E-state index is 13.3. The van der Waals surface area contributed by atoms with Gasteiger partial charge in [0.25, 0.3) is 0 Å². The molecule has 0 bridgehead atoms. The molecule has 92 valence electrons. The predicted octanol–water partition coefficient (Wildman–Crippen LogP) is 3.53. The van der Waals surface area contributed by atoms with Crippen LogP contribution in [0.4, 0.5) is 4.39 Å². The van der Waals surface area contributed by atoms with Crippen molar-refractivity contribution in [2.75, 3.05) is 0 Å². The minimum atomic E-state index is -0.399. The van der Waals surface area contributed by atoms with E-state index in [1.165, 1.54) is 6.07 Å². The summed E-state index contributed by atoms with van der Waals surface area (Å²) in [5.74, 6) is 0.0110. The summed E-state index contributed by atoms with van der Waals surface area (Å²) in [6, 6.07) is 12.3. The van der Waals surface area contributed by atoms with Gasteiger partial charge in [-0.25, -0.2) is 4.39 Å². The summed E-state index contributed by atoms with van der Waals surface area (Å²) in [6.45, 7) is 1.99. The van der Waals surface area contributed by atoms with Crippen LogP contribution in [0.5, 0.6) is 5.75 Å². The third-order valence-electron chi connectivity index (χ3n) is 2.66. The van der Waals surface area contributed by atoms with E-state index in [1.807, 2.05) is 30.3 Å². The summed E-state index contributed by atoms with van der Waals surface area (Å²) in [7, 11) is 0. The zero-order valence-corrected chi connectivity index (χ0v) is 10.0. The number of carbonyl (C=O) groups excluding carboxylic acids is 1. The van der Waals surface area contributed by atoms with Crippen molar-refractivity contribution < 1.29 is 13.9 Å². The lowest BCUT2D eigenvalue weighted by molar-refractivity contribution is 0.111. The Morgan fingerprint density at radius 1 is 1.22 bits per heavy atom. The van der Waals surface area contributed by atoms with Gasteiger partial charge in [0.2, 0.25) is 0 Å². The number of benzene rings is 2. The maximum Gasteiger partial charge on any atom is 0.153 e. The molecule has 0 spiro atoms. The molecule has 0 aliphatic rings. The standard InChI is InChI=1S/C15H13FO2/c1-11-7-15(13(9-17)8-14(11)16)18-10-12-5-3-2-4-6-12/h2-9H,10H2,1H3. The molecule has 2 aromatic carbocycles. The van der Waals surface area contributed by atoms with Gasteiger partial charge in [-0.3, -0.25) is 4.79 Å². The Morgan fingerprint density at radius 3 is 2.61 bits per heavy atom. The predicted molar refractivity (Wildman–Crippen MR) is 67.3 cm³/mol. The van der Waals surface area contributed by atoms with Crippen LogP contribution < -0.4 is 4.74 Å². The van der Waals surface area contributed by atoms with E-state index in [1.54, 1.807) is 13.0 Å². The van der Waals surface area contributed by atoms with E-state index < -0.39 is 5.82 Å². The highest BCUT2D eigenvalue weighted by Crippen LogP contribution is 2.22. The molecule has 2 nitrogen and oxygen atoms in total. The Balaban J connectivity index is 2.19. The minimum Gasteiger partial charge on any atom is -0.488 e. The fourth-order valence-electron chi connectivity index (χ4n) is 1.62. The number of hydrogen-bond donors (Lipinski definition) is 0. The molecule has 0 aliphatic heterocycles. The molecule has 0 saturated carbocycles. The molecule has 0 radical (unpaired) electrons. The number of rotatable bonds is 4. The van der Waals surface area contributed by atoms with Crippen molar-refractivity contribution in [2.24, 2.45) is 0 Å². The Bertz CT molecular complexity index is 550. The molecule has 0 amide bonds. The molecule has 2 rings (SSSR count). The third kappa shape index (κ3) is 2.74. The van der Waals surface area contributed by atoms with Gasteiger partial charge < -0.3 is 4.74 Å². The van der Waals surface area contributed by atoms with Crippen LogP contribution in [-0.2, 0) is 6.61 Å². The quantitative estimate of drug-likeness (QED) is 0.769. The van der Waals surface area contributed by atoms with Gasteiger partial charge in [-0.05, 0) is 30.2 Å². The van der Waals surface area contributed by atoms with Crippen LogP contribution in [-0.4, -0.2) is 6.29 Å². The number of aldehydes is 1. The van der Waals surface area contributed by atoms with Crippen LogP contribution in [0, 0.1) is 12.7 Å². The average molecular weight is 244 g/mol. The zero-order valence-electron chi connectivity index (χ0n) is 10.0. The fourth-order valence-corrected chi connectivity index (χ4v) is 1.62. The van der Waals surface area contributed by atoms with E-state index >= 15 is 0 Å². The topological polar surface area (TPSA) is 26.3 Å². The molecular weight excluding hydrogens is 231 g/mol. The number of halogens is 1. The van der Waals surface area contributed by atoms with Crippen molar-refractivity contribution in [1.82, 2.24) is 0 Å². The SMILES string of the molecule is Cc1cc(OCc2ccccc2)c(C=O)cc1F. The summed E-state index contributed by atoms with van der Waals surface area (Å²) in [6.07, 6.45) is 0.600. The second-order valence-corrected chi connectivity index (χ2v) is 4.03. The van der Waals surface area contributed by atoms with Gasteiger partial charge in [-0.2, -0.15) is 0 Å². The Hall–Kier alpha value is -2.16. The second-order valence-electron chi connectivity index (χ2n) is 4.03. The van der Waals surface area contributed by atoms with Gasteiger partial charge in [-0.15, -0.1) is 0 Å². The molecule has 0 N–H and O–H groups in total. The van der Waals surface area contributed by atoms with E-state index in [9.17, 15) is 9.18 Å². The number of aryl methyl sites for hydroxylation is 1. The van der Waals surface area contributed by atoms with Crippen LogP contribution in [0.25, 0.3) is 0 Å². The van der Waals surface area contributed by atoms with Crippen molar-refractivity contribution in [3.8, 4) is 5.75 Å². The number of hydrogen-bond acceptors (Lipinski definition) is 2. The molecule has 3 heteroatoms. The van der Waals surface area contributed by atoms with Crippen LogP contribution in [0.2, 0.25) is 0 Å². The number of ether oxygens (including phenoxy) is 1. The molecule has 0 atom stereocenters. The molecule has 0 heterocycles. The van der Waals surface area contributed by atoms with E-state index in [-0.39, 0.29) is 5.56 Å². The molecule has 2 aromatic rings. The van der Waals surface area contributed by atoms with Crippen molar-refractivity contribution in [2.45, 2.75) is 13.5 Å². The third-order valence-corrected chi connectivity index (χ3v) is 2.66. The highest BCUT2D eigenvalue weighted by Gasteiger charge is 2.08. The van der Waals surface area contributed by atoms with Gasteiger partial charge in [-0.1, -0.05) is 30.3 Å². The fraction of sp³-hybridized carbons (Fsp3) is 0.133. The minimum absolute atomic E-state index is 0.231. The number of carbonyl (C=O) groups is 1. The van der Waals surface area contributed by atoms with E-state index in [0.717, 1.165) is 5.56 Å². The molecular formula is C15H13FO2. The lowest BCUT2D eigenvalue weighted by Crippen LogP contribution is -1.99. The molecule has 0 aromatic heterocycles. The first kappa shape index (κ1) is 12.3. The molecule has 0 saturated heterocycles. The van der Waals surface area contributed by atoms with Crippen LogP contribution >= 0.6 is 0 Å². The van der Waals surface area contributed by atoms with Crippen LogP contribution in [0.3, 0.4) is 0 Å². The molecule has 0 unspecified atom stereocenters. The van der Waals surface area contributed by atoms with Crippen LogP contribution in [0.1, 0.15) is 21.5 Å². The van der Waals surface area contributed by atoms with Gasteiger partial charge in [0.1, 0.15) is 18.2 Å². The van der Waals surface area contributed by atoms with E-state index in [4.69, 9.17) is 4.74 Å². The smallest absolute Gasteiger partial charge is 0.153 e. The lowest BCUT2D eigenvalue weighted by atomic mass is 10.1. The van der Waals surface area contributed by atoms with E-state index in [0.29, 0.717) is 24.2 Å². The Labute approximate surface area is 105 Å². The van der Waals surface area contributed by atoms with Gasteiger partial charge in [0.05, 0.1) is 5.56 Å². The monoisotopic (exact) mass is 244 g/mol. The zero-order chi connectivity index (χ0) is 13.0. The molecule has 0 fully saturated rings. The average Bonchev–Trinajstić information content (AvgIpc) is 2.41. The summed E-state index contributed by atoms with van der Waals surface area (Å²) >= 11 is 0. The first-order valence-electron chi connectivity index (χ1n) is 5.63. The largest absolute Gasteiger partial charge is 0.488 e. The lowest BCUT2D eigenvalue weighted by Gasteiger charge is -2.10. The Morgan fingerprint density at radius 2 is 1.94 bits per heavy atom. The Kier molecular flexibility index (Phi) is 3.72. The summed E-state index contributed by atoms with van der Waals surface area (Å²) < 4.78 is 18.8. The van der Waals surface area contributed by atoms with Crippen molar-refractivity contribution in [3.05, 3.63) is 65.0 Å². The summed E-state index contributed by atoms with van der Waals surface area (Å²) in [4.78, 5) is 10.9. The van der Waals surface area contributed by atoms with Gasteiger partial charge in [0, 0.05) is 0 Å². The molecule has 18 heavy (non-hydrogen) atoms. The summed E-state index contributed by atoms with van der Waals surface area (Å²) in [5.41, 5.74) is 1.69. The van der Waals surface area contributed by atoms with Crippen molar-refractivity contribution in [3.63, 3.8) is 0 Å². The van der Waals surface area contributed by atoms with Crippen molar-refractivity contribution in [1.29, 1.82) is 0 Å². The second kappa shape index (κ2) is 5.45. The highest BCUT2D eigenvalue weighted by molar-refractivity contribution is 5.79. The van der Waals surface area contributed by atoms with E-state index in [2.05, 4.69) is 0 Å². The van der Waals surface area contributed by atoms with Gasteiger partial charge >= 0.3 is 0 Å². The van der Waals surface area contributed by atoms with Crippen molar-refractivity contribution >= 4 is 6.29 Å². The maximum atomic E-state index is 13.3. The van der Waals surface area contributed by atoms with Crippen LogP contribution in [0.15, 0.2) is 42.5 Å². The first-order valence-corrected chi connectivity index (χ1v) is 5.63. The first-order chi connectivity index (χ1) is 8.70. The summed E-state index contributed by atoms with van der Waals surface area (Å²) in [5, 5.41) is 0.